The molecule has 0 bridgehead atoms. The molecule has 1 heteroatoms. The molecule has 0 amide bonds. The average Bonchev–Trinajstić information content (AvgIpc) is 2.05. The standard InChI is InChI=1S/C9H15N/c1-2-4-9-7-10-6-5-8(9)3-1/h1,3,8-10H,2,4-7H2/t8?,9-/m1/s1. The van der Waals surface area contributed by atoms with Crippen molar-refractivity contribution in [3.8, 4) is 0 Å². The Morgan fingerprint density at radius 1 is 1.30 bits per heavy atom. The summed E-state index contributed by atoms with van der Waals surface area (Å²) in [6, 6.07) is 0. The second kappa shape index (κ2) is 2.75. The van der Waals surface area contributed by atoms with E-state index in [-0.39, 0.29) is 0 Å². The quantitative estimate of drug-likeness (QED) is 0.500. The Kier molecular flexibility index (Phi) is 1.76. The smallest absolute Gasteiger partial charge is 0.00148 e. The molecule has 1 aliphatic heterocycles. The summed E-state index contributed by atoms with van der Waals surface area (Å²) in [6.45, 7) is 2.49. The Labute approximate surface area is 62.5 Å². The number of hydrogen-bond acceptors (Lipinski definition) is 1. The minimum atomic E-state index is 0.912. The molecule has 10 heavy (non-hydrogen) atoms. The number of piperidine rings is 1. The zero-order valence-electron chi connectivity index (χ0n) is 6.34. The summed E-state index contributed by atoms with van der Waals surface area (Å²) in [6.07, 6.45) is 8.86. The van der Waals surface area contributed by atoms with Gasteiger partial charge in [-0.3, -0.25) is 0 Å². The first-order valence-electron chi connectivity index (χ1n) is 4.34. The van der Waals surface area contributed by atoms with Gasteiger partial charge in [0.15, 0.2) is 0 Å². The van der Waals surface area contributed by atoms with Gasteiger partial charge in [-0.1, -0.05) is 12.2 Å². The highest BCUT2D eigenvalue weighted by Gasteiger charge is 2.23. The van der Waals surface area contributed by atoms with Crippen LogP contribution in [0, 0.1) is 11.8 Å². The Morgan fingerprint density at radius 3 is 3.20 bits per heavy atom. The second-order valence-electron chi connectivity index (χ2n) is 3.42. The lowest BCUT2D eigenvalue weighted by Gasteiger charge is -2.32. The van der Waals surface area contributed by atoms with Crippen molar-refractivity contribution in [3.63, 3.8) is 0 Å². The highest BCUT2D eigenvalue weighted by atomic mass is 14.9. The van der Waals surface area contributed by atoms with E-state index in [1.54, 1.807) is 0 Å². The van der Waals surface area contributed by atoms with Gasteiger partial charge in [-0.25, -0.2) is 0 Å². The van der Waals surface area contributed by atoms with Gasteiger partial charge in [-0.2, -0.15) is 0 Å². The zero-order valence-corrected chi connectivity index (χ0v) is 6.34. The van der Waals surface area contributed by atoms with Gasteiger partial charge in [0.1, 0.15) is 0 Å². The highest BCUT2D eigenvalue weighted by molar-refractivity contribution is 4.99. The summed E-state index contributed by atoms with van der Waals surface area (Å²) < 4.78 is 0. The maximum atomic E-state index is 3.45. The molecule has 56 valence electrons. The van der Waals surface area contributed by atoms with Crippen LogP contribution in [-0.2, 0) is 0 Å². The van der Waals surface area contributed by atoms with Crippen molar-refractivity contribution in [2.75, 3.05) is 13.1 Å². The molecule has 1 unspecified atom stereocenters. The number of hydrogen-bond donors (Lipinski definition) is 1. The zero-order chi connectivity index (χ0) is 6.81. The molecule has 2 atom stereocenters. The van der Waals surface area contributed by atoms with Crippen LogP contribution in [0.25, 0.3) is 0 Å². The predicted octanol–water partition coefficient (Wildman–Crippen LogP) is 1.56. The molecule has 0 aromatic carbocycles. The summed E-state index contributed by atoms with van der Waals surface area (Å²) in [5, 5.41) is 3.45. The number of rotatable bonds is 0. The molecule has 0 aromatic heterocycles. The maximum absolute atomic E-state index is 3.45. The first-order valence-corrected chi connectivity index (χ1v) is 4.34. The van der Waals surface area contributed by atoms with Crippen LogP contribution in [0.5, 0.6) is 0 Å². The van der Waals surface area contributed by atoms with Gasteiger partial charge in [0.2, 0.25) is 0 Å². The molecule has 1 heterocycles. The van der Waals surface area contributed by atoms with Gasteiger partial charge < -0.3 is 5.32 Å². The SMILES string of the molecule is C1=CC2CCNC[C@H]2CC1. The Bertz CT molecular complexity index is 140. The van der Waals surface area contributed by atoms with Crippen LogP contribution in [-0.4, -0.2) is 13.1 Å². The van der Waals surface area contributed by atoms with Crippen LogP contribution >= 0.6 is 0 Å². The third-order valence-electron chi connectivity index (χ3n) is 2.75. The first-order chi connectivity index (χ1) is 4.97. The molecule has 1 fully saturated rings. The monoisotopic (exact) mass is 137 g/mol. The first kappa shape index (κ1) is 6.41. The van der Waals surface area contributed by atoms with E-state index in [1.165, 1.54) is 32.4 Å². The van der Waals surface area contributed by atoms with E-state index in [0.29, 0.717) is 0 Å². The van der Waals surface area contributed by atoms with Crippen molar-refractivity contribution in [1.29, 1.82) is 0 Å². The lowest BCUT2D eigenvalue weighted by molar-refractivity contribution is 0.277. The largest absolute Gasteiger partial charge is 0.316 e. The topological polar surface area (TPSA) is 12.0 Å². The van der Waals surface area contributed by atoms with Crippen molar-refractivity contribution in [1.82, 2.24) is 5.32 Å². The normalized spacial score (nSPS) is 39.2. The molecule has 1 saturated heterocycles. The fraction of sp³-hybridized carbons (Fsp3) is 0.778. The molecule has 0 radical (unpaired) electrons. The Hall–Kier alpha value is -0.300. The minimum absolute atomic E-state index is 0.912. The van der Waals surface area contributed by atoms with Crippen molar-refractivity contribution >= 4 is 0 Å². The summed E-state index contributed by atoms with van der Waals surface area (Å²) in [4.78, 5) is 0. The van der Waals surface area contributed by atoms with E-state index in [4.69, 9.17) is 0 Å². The summed E-state index contributed by atoms with van der Waals surface area (Å²) >= 11 is 0. The molecular formula is C9H15N. The van der Waals surface area contributed by atoms with Crippen LogP contribution < -0.4 is 5.32 Å². The number of nitrogens with one attached hydrogen (secondary N) is 1. The van der Waals surface area contributed by atoms with E-state index >= 15 is 0 Å². The lowest BCUT2D eigenvalue weighted by Crippen LogP contribution is -2.36. The Balaban J connectivity index is 2.03. The van der Waals surface area contributed by atoms with Gasteiger partial charge >= 0.3 is 0 Å². The molecule has 0 spiro atoms. The summed E-state index contributed by atoms with van der Waals surface area (Å²) in [7, 11) is 0. The molecule has 1 N–H and O–H groups in total. The second-order valence-corrected chi connectivity index (χ2v) is 3.42. The van der Waals surface area contributed by atoms with E-state index in [1.807, 2.05) is 0 Å². The minimum Gasteiger partial charge on any atom is -0.316 e. The van der Waals surface area contributed by atoms with Crippen LogP contribution in [0.15, 0.2) is 12.2 Å². The number of fused-ring (bicyclic) bond motifs is 1. The third-order valence-corrected chi connectivity index (χ3v) is 2.75. The summed E-state index contributed by atoms with van der Waals surface area (Å²) in [5.74, 6) is 1.87. The highest BCUT2D eigenvalue weighted by Crippen LogP contribution is 2.28. The van der Waals surface area contributed by atoms with E-state index < -0.39 is 0 Å². The molecule has 2 rings (SSSR count). The van der Waals surface area contributed by atoms with E-state index in [0.717, 1.165) is 11.8 Å². The van der Waals surface area contributed by atoms with Crippen LogP contribution in [0.3, 0.4) is 0 Å². The number of allylic oxidation sites excluding steroid dienone is 2. The Morgan fingerprint density at radius 2 is 2.30 bits per heavy atom. The fourth-order valence-electron chi connectivity index (χ4n) is 2.09. The van der Waals surface area contributed by atoms with Crippen LogP contribution in [0.1, 0.15) is 19.3 Å². The predicted molar refractivity (Wildman–Crippen MR) is 42.8 cm³/mol. The average molecular weight is 137 g/mol. The van der Waals surface area contributed by atoms with Gasteiger partial charge in [0.25, 0.3) is 0 Å². The molecular weight excluding hydrogens is 122 g/mol. The summed E-state index contributed by atoms with van der Waals surface area (Å²) in [5.41, 5.74) is 0. The molecule has 0 aromatic rings. The van der Waals surface area contributed by atoms with Gasteiger partial charge in [0, 0.05) is 0 Å². The third kappa shape index (κ3) is 1.10. The van der Waals surface area contributed by atoms with Crippen molar-refractivity contribution in [3.05, 3.63) is 12.2 Å². The van der Waals surface area contributed by atoms with Crippen LogP contribution in [0.4, 0.5) is 0 Å². The molecule has 1 nitrogen and oxygen atoms in total. The fourth-order valence-corrected chi connectivity index (χ4v) is 2.09. The lowest BCUT2D eigenvalue weighted by atomic mass is 9.80. The van der Waals surface area contributed by atoms with Crippen molar-refractivity contribution in [2.45, 2.75) is 19.3 Å². The van der Waals surface area contributed by atoms with E-state index in [9.17, 15) is 0 Å². The van der Waals surface area contributed by atoms with Crippen molar-refractivity contribution in [2.24, 2.45) is 11.8 Å². The van der Waals surface area contributed by atoms with Crippen molar-refractivity contribution < 1.29 is 0 Å². The molecule has 2 aliphatic rings. The molecule has 0 saturated carbocycles. The van der Waals surface area contributed by atoms with Crippen LogP contribution in [0.2, 0.25) is 0 Å². The van der Waals surface area contributed by atoms with Gasteiger partial charge in [-0.05, 0) is 44.2 Å². The van der Waals surface area contributed by atoms with Gasteiger partial charge in [-0.15, -0.1) is 0 Å². The maximum Gasteiger partial charge on any atom is -0.00148 e. The van der Waals surface area contributed by atoms with E-state index in [2.05, 4.69) is 17.5 Å². The molecule has 1 aliphatic carbocycles. The van der Waals surface area contributed by atoms with Gasteiger partial charge in [0.05, 0.1) is 0 Å².